The molecule has 3 aliphatic rings. The van der Waals surface area contributed by atoms with Crippen molar-refractivity contribution < 1.29 is 27.5 Å². The van der Waals surface area contributed by atoms with Crippen LogP contribution in [0.1, 0.15) is 50.4 Å². The molecule has 4 rings (SSSR count). The molecule has 2 bridgehead atoms. The fourth-order valence-electron chi connectivity index (χ4n) is 5.85. The van der Waals surface area contributed by atoms with Crippen molar-refractivity contribution in [1.82, 2.24) is 9.21 Å². The number of sulfonamides is 1. The number of carbonyl (C=O) groups excluding carboxylic acids is 2. The van der Waals surface area contributed by atoms with E-state index < -0.39 is 22.6 Å². The van der Waals surface area contributed by atoms with Crippen LogP contribution in [0.25, 0.3) is 0 Å². The van der Waals surface area contributed by atoms with Crippen molar-refractivity contribution in [1.29, 1.82) is 0 Å². The van der Waals surface area contributed by atoms with Gasteiger partial charge in [0.05, 0.1) is 28.8 Å². The lowest BCUT2D eigenvalue weighted by molar-refractivity contribution is -0.135. The molecule has 1 aromatic carbocycles. The number of hydrogen-bond acceptors (Lipinski definition) is 6. The van der Waals surface area contributed by atoms with Gasteiger partial charge in [-0.25, -0.2) is 13.2 Å². The van der Waals surface area contributed by atoms with Crippen LogP contribution in [0.5, 0.6) is 0 Å². The van der Waals surface area contributed by atoms with Crippen molar-refractivity contribution >= 4 is 45.1 Å². The zero-order valence-electron chi connectivity index (χ0n) is 19.6. The summed E-state index contributed by atoms with van der Waals surface area (Å²) in [5.41, 5.74) is 0.0654. The number of halogens is 2. The molecule has 0 radical (unpaired) electrons. The molecule has 2 atom stereocenters. The van der Waals surface area contributed by atoms with Crippen LogP contribution in [0.15, 0.2) is 17.0 Å². The van der Waals surface area contributed by atoms with E-state index in [-0.39, 0.29) is 69.6 Å². The zero-order chi connectivity index (χ0) is 24.9. The third kappa shape index (κ3) is 5.09. The molecule has 1 saturated carbocycles. The van der Waals surface area contributed by atoms with Crippen LogP contribution in [0.3, 0.4) is 0 Å². The maximum atomic E-state index is 13.1. The fraction of sp³-hybridized carbons (Fsp3) is 0.652. The number of hydrogen-bond donors (Lipinski definition) is 0. The summed E-state index contributed by atoms with van der Waals surface area (Å²) in [6.45, 7) is 7.75. The van der Waals surface area contributed by atoms with E-state index >= 15 is 0 Å². The van der Waals surface area contributed by atoms with Crippen LogP contribution >= 0.6 is 23.2 Å². The van der Waals surface area contributed by atoms with Crippen molar-refractivity contribution in [3.05, 3.63) is 27.7 Å². The van der Waals surface area contributed by atoms with E-state index in [0.29, 0.717) is 6.54 Å². The molecule has 8 nitrogen and oxygen atoms in total. The maximum Gasteiger partial charge on any atom is 0.340 e. The molecule has 1 amide bonds. The Bertz CT molecular complexity index is 1100. The molecule has 0 spiro atoms. The molecule has 3 fully saturated rings. The van der Waals surface area contributed by atoms with Crippen molar-refractivity contribution in [2.75, 3.05) is 39.5 Å². The predicted molar refractivity (Wildman–Crippen MR) is 128 cm³/mol. The van der Waals surface area contributed by atoms with Crippen LogP contribution in [-0.2, 0) is 24.3 Å². The van der Waals surface area contributed by atoms with Gasteiger partial charge < -0.3 is 14.4 Å². The largest absolute Gasteiger partial charge is 0.452 e. The van der Waals surface area contributed by atoms with Crippen LogP contribution in [0.4, 0.5) is 0 Å². The van der Waals surface area contributed by atoms with E-state index in [0.717, 1.165) is 25.3 Å². The number of benzene rings is 1. The second-order valence-electron chi connectivity index (χ2n) is 10.6. The fourth-order valence-corrected chi connectivity index (χ4v) is 8.08. The summed E-state index contributed by atoms with van der Waals surface area (Å²) < 4.78 is 37.8. The SMILES string of the molecule is CC1(C)CC2CC(C)(CN2C(=O)COC(=O)c2cc(S(=O)(=O)N3CCOCC3)c(Cl)cc2Cl)C1. The number of esters is 1. The summed E-state index contributed by atoms with van der Waals surface area (Å²) in [5.74, 6) is -1.13. The predicted octanol–water partition coefficient (Wildman–Crippen LogP) is 3.60. The molecular formula is C23H30Cl2N2O6S. The number of rotatable bonds is 5. The molecule has 2 heterocycles. The van der Waals surface area contributed by atoms with E-state index in [1.165, 1.54) is 10.4 Å². The first kappa shape index (κ1) is 25.7. The molecule has 1 aromatic rings. The van der Waals surface area contributed by atoms with Crippen molar-refractivity contribution in [3.63, 3.8) is 0 Å². The van der Waals surface area contributed by atoms with Gasteiger partial charge in [-0.2, -0.15) is 4.31 Å². The van der Waals surface area contributed by atoms with Crippen molar-refractivity contribution in [3.8, 4) is 0 Å². The molecule has 34 heavy (non-hydrogen) atoms. The Kier molecular flexibility index (Phi) is 6.98. The maximum absolute atomic E-state index is 13.1. The summed E-state index contributed by atoms with van der Waals surface area (Å²) in [7, 11) is -3.96. The standard InChI is InChI=1S/C23H30Cl2N2O6S/c1-22(2)10-15-11-23(3,13-22)14-27(15)20(28)12-33-21(29)16-8-19(18(25)9-17(16)24)34(30,31)26-4-6-32-7-5-26/h8-9,15H,4-7,10-14H2,1-3H3. The quantitative estimate of drug-likeness (QED) is 0.537. The molecule has 0 aromatic heterocycles. The first-order valence-corrected chi connectivity index (χ1v) is 13.5. The third-order valence-electron chi connectivity index (χ3n) is 6.89. The monoisotopic (exact) mass is 532 g/mol. The highest BCUT2D eigenvalue weighted by Gasteiger charge is 2.51. The number of likely N-dealkylation sites (tertiary alicyclic amines) is 1. The van der Waals surface area contributed by atoms with Crippen LogP contribution in [0.2, 0.25) is 10.0 Å². The van der Waals surface area contributed by atoms with Crippen molar-refractivity contribution in [2.45, 2.75) is 51.0 Å². The van der Waals surface area contributed by atoms with E-state index in [9.17, 15) is 18.0 Å². The first-order valence-electron chi connectivity index (χ1n) is 11.3. The minimum Gasteiger partial charge on any atom is -0.452 e. The summed E-state index contributed by atoms with van der Waals surface area (Å²) in [4.78, 5) is 27.3. The molecule has 11 heteroatoms. The minimum absolute atomic E-state index is 0.0466. The molecule has 2 unspecified atom stereocenters. The Balaban J connectivity index is 1.47. The van der Waals surface area contributed by atoms with E-state index in [2.05, 4.69) is 20.8 Å². The minimum atomic E-state index is -3.96. The van der Waals surface area contributed by atoms with Gasteiger partial charge in [0, 0.05) is 25.7 Å². The molecule has 2 saturated heterocycles. The van der Waals surface area contributed by atoms with Crippen LogP contribution in [0, 0.1) is 10.8 Å². The van der Waals surface area contributed by atoms with Gasteiger partial charge in [-0.3, -0.25) is 4.79 Å². The summed E-state index contributed by atoms with van der Waals surface area (Å²) in [5, 5.41) is -0.140. The Morgan fingerprint density at radius 3 is 2.47 bits per heavy atom. The highest BCUT2D eigenvalue weighted by Crippen LogP contribution is 2.52. The van der Waals surface area contributed by atoms with Gasteiger partial charge in [0.25, 0.3) is 5.91 Å². The van der Waals surface area contributed by atoms with Gasteiger partial charge in [0.2, 0.25) is 10.0 Å². The average Bonchev–Trinajstić information content (AvgIpc) is 3.00. The van der Waals surface area contributed by atoms with Gasteiger partial charge in [0.15, 0.2) is 6.61 Å². The molecule has 0 N–H and O–H groups in total. The van der Waals surface area contributed by atoms with Crippen molar-refractivity contribution in [2.24, 2.45) is 10.8 Å². The van der Waals surface area contributed by atoms with Gasteiger partial charge in [0.1, 0.15) is 4.90 Å². The van der Waals surface area contributed by atoms with Crippen LogP contribution in [-0.4, -0.2) is 75.0 Å². The van der Waals surface area contributed by atoms with Gasteiger partial charge in [-0.15, -0.1) is 0 Å². The topological polar surface area (TPSA) is 93.2 Å². The second-order valence-corrected chi connectivity index (χ2v) is 13.3. The lowest BCUT2D eigenvalue weighted by Gasteiger charge is -2.39. The Morgan fingerprint density at radius 1 is 1.12 bits per heavy atom. The molecule has 2 aliphatic heterocycles. The number of morpholine rings is 1. The first-order chi connectivity index (χ1) is 15.8. The Hall–Kier alpha value is -1.39. The Labute approximate surface area is 210 Å². The normalized spacial score (nSPS) is 27.0. The van der Waals surface area contributed by atoms with Gasteiger partial charge >= 0.3 is 5.97 Å². The van der Waals surface area contributed by atoms with E-state index in [1.807, 2.05) is 4.90 Å². The number of amides is 1. The van der Waals surface area contributed by atoms with Crippen LogP contribution < -0.4 is 0 Å². The van der Waals surface area contributed by atoms with E-state index in [1.54, 1.807) is 0 Å². The molecule has 1 aliphatic carbocycles. The van der Waals surface area contributed by atoms with Gasteiger partial charge in [-0.1, -0.05) is 44.0 Å². The smallest absolute Gasteiger partial charge is 0.340 e. The number of ether oxygens (including phenoxy) is 2. The number of nitrogens with zero attached hydrogens (tertiary/aromatic N) is 2. The van der Waals surface area contributed by atoms with E-state index in [4.69, 9.17) is 32.7 Å². The average molecular weight is 533 g/mol. The van der Waals surface area contributed by atoms with Gasteiger partial charge in [-0.05, 0) is 42.2 Å². The third-order valence-corrected chi connectivity index (χ3v) is 9.57. The zero-order valence-corrected chi connectivity index (χ0v) is 21.9. The second kappa shape index (κ2) is 9.24. The Morgan fingerprint density at radius 2 is 1.79 bits per heavy atom. The number of fused-ring (bicyclic) bond motifs is 2. The number of carbonyl (C=O) groups is 2. The highest BCUT2D eigenvalue weighted by molar-refractivity contribution is 7.89. The summed E-state index contributed by atoms with van der Waals surface area (Å²) in [6, 6.07) is 2.46. The summed E-state index contributed by atoms with van der Waals surface area (Å²) in [6.07, 6.45) is 2.90. The molecular weight excluding hydrogens is 503 g/mol. The lowest BCUT2D eigenvalue weighted by atomic mass is 9.65. The molecule has 188 valence electrons. The highest BCUT2D eigenvalue weighted by atomic mass is 35.5. The lowest BCUT2D eigenvalue weighted by Crippen LogP contribution is -2.40. The summed E-state index contributed by atoms with van der Waals surface area (Å²) >= 11 is 12.4.